The van der Waals surface area contributed by atoms with Crippen LogP contribution in [0, 0.1) is 0 Å². The molecule has 3 rings (SSSR count). The number of piperidine rings is 1. The van der Waals surface area contributed by atoms with Crippen LogP contribution < -0.4 is 10.6 Å². The van der Waals surface area contributed by atoms with E-state index in [1.807, 2.05) is 18.2 Å². The molecule has 1 aliphatic heterocycles. The van der Waals surface area contributed by atoms with Gasteiger partial charge in [-0.2, -0.15) is 5.10 Å². The van der Waals surface area contributed by atoms with E-state index in [0.29, 0.717) is 18.9 Å². The lowest BCUT2D eigenvalue weighted by Crippen LogP contribution is -2.50. The highest BCUT2D eigenvalue weighted by Crippen LogP contribution is 2.12. The molecule has 0 saturated carbocycles. The lowest BCUT2D eigenvalue weighted by Gasteiger charge is -2.32. The molecule has 2 N–H and O–H groups in total. The van der Waals surface area contributed by atoms with Gasteiger partial charge in [0.25, 0.3) is 0 Å². The monoisotopic (exact) mass is 341 g/mol. The number of nitrogens with one attached hydrogen (secondary N) is 2. The second-order valence-corrected chi connectivity index (χ2v) is 6.29. The molecule has 2 amide bonds. The summed E-state index contributed by atoms with van der Waals surface area (Å²) in [5.74, 6) is -0.754. The minimum Gasteiger partial charge on any atom is -0.333 e. The number of carbonyl (C=O) groups excluding carboxylic acids is 2. The second kappa shape index (κ2) is 7.94. The van der Waals surface area contributed by atoms with Crippen LogP contribution in [0.15, 0.2) is 42.6 Å². The van der Waals surface area contributed by atoms with Crippen molar-refractivity contribution < 1.29 is 9.59 Å². The Morgan fingerprint density at radius 3 is 2.76 bits per heavy atom. The van der Waals surface area contributed by atoms with Crippen LogP contribution in [0.2, 0.25) is 0 Å². The Bertz CT molecular complexity index is 728. The first-order valence-corrected chi connectivity index (χ1v) is 8.49. The summed E-state index contributed by atoms with van der Waals surface area (Å²) < 4.78 is 1.57. The third-order valence-electron chi connectivity index (χ3n) is 4.30. The fourth-order valence-corrected chi connectivity index (χ4v) is 2.98. The van der Waals surface area contributed by atoms with Crippen molar-refractivity contribution in [2.75, 3.05) is 18.4 Å². The predicted molar refractivity (Wildman–Crippen MR) is 94.7 cm³/mol. The SMILES string of the molecule is Cn1ccc(NC(=O)C(=O)N2CCCC(NCc3ccccc3)C2)n1. The molecule has 1 aromatic heterocycles. The number of aryl methyl sites for hydroxylation is 1. The maximum absolute atomic E-state index is 12.4. The van der Waals surface area contributed by atoms with E-state index in [1.165, 1.54) is 5.56 Å². The van der Waals surface area contributed by atoms with Crippen LogP contribution in [0.1, 0.15) is 18.4 Å². The van der Waals surface area contributed by atoms with Crippen molar-refractivity contribution in [1.82, 2.24) is 20.0 Å². The van der Waals surface area contributed by atoms with E-state index >= 15 is 0 Å². The Balaban J connectivity index is 1.51. The molecule has 7 nitrogen and oxygen atoms in total. The van der Waals surface area contributed by atoms with Crippen molar-refractivity contribution in [3.8, 4) is 0 Å². The molecule has 1 atom stereocenters. The Morgan fingerprint density at radius 1 is 1.24 bits per heavy atom. The molecule has 0 bridgehead atoms. The molecule has 0 radical (unpaired) electrons. The van der Waals surface area contributed by atoms with E-state index in [-0.39, 0.29) is 6.04 Å². The summed E-state index contributed by atoms with van der Waals surface area (Å²) in [5.41, 5.74) is 1.21. The molecule has 1 fully saturated rings. The van der Waals surface area contributed by atoms with E-state index in [9.17, 15) is 9.59 Å². The number of aromatic nitrogens is 2. The normalized spacial score (nSPS) is 17.3. The first-order chi connectivity index (χ1) is 12.1. The van der Waals surface area contributed by atoms with Gasteiger partial charge in [-0.1, -0.05) is 30.3 Å². The van der Waals surface area contributed by atoms with Gasteiger partial charge < -0.3 is 15.5 Å². The van der Waals surface area contributed by atoms with Gasteiger partial charge in [-0.25, -0.2) is 0 Å². The highest BCUT2D eigenvalue weighted by Gasteiger charge is 2.28. The Morgan fingerprint density at radius 2 is 2.04 bits per heavy atom. The summed E-state index contributed by atoms with van der Waals surface area (Å²) in [6.45, 7) is 1.91. The molecule has 2 aromatic rings. The lowest BCUT2D eigenvalue weighted by molar-refractivity contribution is -0.144. The summed E-state index contributed by atoms with van der Waals surface area (Å²) in [7, 11) is 1.76. The molecular weight excluding hydrogens is 318 g/mol. The summed E-state index contributed by atoms with van der Waals surface area (Å²) in [6.07, 6.45) is 3.60. The smallest absolute Gasteiger partial charge is 0.315 e. The molecule has 2 heterocycles. The van der Waals surface area contributed by atoms with Crippen molar-refractivity contribution in [2.45, 2.75) is 25.4 Å². The number of benzene rings is 1. The molecule has 0 aliphatic carbocycles. The number of likely N-dealkylation sites (tertiary alicyclic amines) is 1. The summed E-state index contributed by atoms with van der Waals surface area (Å²) in [4.78, 5) is 26.1. The summed E-state index contributed by atoms with van der Waals surface area (Å²) in [5, 5.41) is 10.1. The van der Waals surface area contributed by atoms with Crippen LogP contribution >= 0.6 is 0 Å². The van der Waals surface area contributed by atoms with Gasteiger partial charge in [0.1, 0.15) is 0 Å². The van der Waals surface area contributed by atoms with E-state index in [2.05, 4.69) is 27.9 Å². The van der Waals surface area contributed by atoms with Gasteiger partial charge in [0.2, 0.25) is 0 Å². The quantitative estimate of drug-likeness (QED) is 0.818. The molecule has 1 aliphatic rings. The standard InChI is InChI=1S/C18H23N5O2/c1-22-11-9-16(21-22)20-17(24)18(25)23-10-5-8-15(13-23)19-12-14-6-3-2-4-7-14/h2-4,6-7,9,11,15,19H,5,8,10,12-13H2,1H3,(H,20,21,24). The summed E-state index contributed by atoms with van der Waals surface area (Å²) in [6, 6.07) is 12.0. The van der Waals surface area contributed by atoms with Gasteiger partial charge in [0, 0.05) is 45.0 Å². The molecule has 25 heavy (non-hydrogen) atoms. The van der Waals surface area contributed by atoms with Crippen LogP contribution in [0.25, 0.3) is 0 Å². The Hall–Kier alpha value is -2.67. The highest BCUT2D eigenvalue weighted by molar-refractivity contribution is 6.39. The van der Waals surface area contributed by atoms with Crippen LogP contribution in [0.4, 0.5) is 5.82 Å². The topological polar surface area (TPSA) is 79.3 Å². The Kier molecular flexibility index (Phi) is 5.45. The molecule has 1 saturated heterocycles. The van der Waals surface area contributed by atoms with Crippen molar-refractivity contribution in [3.05, 3.63) is 48.2 Å². The fraction of sp³-hybridized carbons (Fsp3) is 0.389. The second-order valence-electron chi connectivity index (χ2n) is 6.29. The molecule has 132 valence electrons. The van der Waals surface area contributed by atoms with Crippen LogP contribution in [-0.4, -0.2) is 45.6 Å². The molecule has 0 spiro atoms. The fourth-order valence-electron chi connectivity index (χ4n) is 2.98. The zero-order valence-electron chi connectivity index (χ0n) is 14.3. The number of anilines is 1. The van der Waals surface area contributed by atoms with Crippen molar-refractivity contribution in [2.24, 2.45) is 7.05 Å². The zero-order valence-corrected chi connectivity index (χ0v) is 14.3. The maximum Gasteiger partial charge on any atom is 0.315 e. The van der Waals surface area contributed by atoms with Crippen molar-refractivity contribution in [3.63, 3.8) is 0 Å². The largest absolute Gasteiger partial charge is 0.333 e. The van der Waals surface area contributed by atoms with Gasteiger partial charge in [-0.05, 0) is 18.4 Å². The number of nitrogens with zero attached hydrogens (tertiary/aromatic N) is 3. The molecule has 1 unspecified atom stereocenters. The zero-order chi connectivity index (χ0) is 17.6. The number of rotatable bonds is 4. The van der Waals surface area contributed by atoms with Gasteiger partial charge in [-0.3, -0.25) is 14.3 Å². The van der Waals surface area contributed by atoms with Crippen LogP contribution in [0.3, 0.4) is 0 Å². The maximum atomic E-state index is 12.4. The van der Waals surface area contributed by atoms with Crippen molar-refractivity contribution >= 4 is 17.6 Å². The lowest BCUT2D eigenvalue weighted by atomic mass is 10.0. The van der Waals surface area contributed by atoms with Crippen molar-refractivity contribution in [1.29, 1.82) is 0 Å². The first-order valence-electron chi connectivity index (χ1n) is 8.49. The number of hydrogen-bond donors (Lipinski definition) is 2. The molecule has 1 aromatic carbocycles. The molecule has 7 heteroatoms. The average molecular weight is 341 g/mol. The summed E-state index contributed by atoms with van der Waals surface area (Å²) >= 11 is 0. The average Bonchev–Trinajstić information content (AvgIpc) is 3.05. The van der Waals surface area contributed by atoms with E-state index < -0.39 is 11.8 Å². The minimum absolute atomic E-state index is 0.195. The van der Waals surface area contributed by atoms with E-state index in [4.69, 9.17) is 0 Å². The predicted octanol–water partition coefficient (Wildman–Crippen LogP) is 1.14. The Labute approximate surface area is 147 Å². The number of amides is 2. The van der Waals surface area contributed by atoms with E-state index in [1.54, 1.807) is 28.9 Å². The van der Waals surface area contributed by atoms with E-state index in [0.717, 1.165) is 19.4 Å². The third kappa shape index (κ3) is 4.67. The molecular formula is C18H23N5O2. The van der Waals surface area contributed by atoms with Gasteiger partial charge in [-0.15, -0.1) is 0 Å². The number of carbonyl (C=O) groups is 2. The first kappa shape index (κ1) is 17.2. The minimum atomic E-state index is -0.637. The number of hydrogen-bond acceptors (Lipinski definition) is 4. The highest BCUT2D eigenvalue weighted by atomic mass is 16.2. The third-order valence-corrected chi connectivity index (χ3v) is 4.30. The van der Waals surface area contributed by atoms with Gasteiger partial charge >= 0.3 is 11.8 Å². The van der Waals surface area contributed by atoms with Crippen LogP contribution in [-0.2, 0) is 23.2 Å². The van der Waals surface area contributed by atoms with Crippen LogP contribution in [0.5, 0.6) is 0 Å². The van der Waals surface area contributed by atoms with Gasteiger partial charge in [0.15, 0.2) is 5.82 Å². The van der Waals surface area contributed by atoms with Gasteiger partial charge in [0.05, 0.1) is 0 Å².